The molecular weight excluding hydrogens is 1800 g/mol. The molecule has 0 heterocycles. The molecule has 0 aliphatic heterocycles. The molecule has 0 fully saturated rings. The van der Waals surface area contributed by atoms with Gasteiger partial charge in [0.15, 0.2) is 0 Å². The van der Waals surface area contributed by atoms with Gasteiger partial charge in [0.05, 0.1) is 5.69 Å². The minimum absolute atomic E-state index is 0. The zero-order valence-electron chi connectivity index (χ0n) is 73.8. The molecule has 0 amide bonds. The van der Waals surface area contributed by atoms with Crippen molar-refractivity contribution in [1.82, 2.24) is 0 Å². The predicted octanol–water partition coefficient (Wildman–Crippen LogP) is 27.8. The number of fused-ring (bicyclic) bond motifs is 16. The summed E-state index contributed by atoms with van der Waals surface area (Å²) in [6, 6.07) is 142. The Morgan fingerprint density at radius 3 is 1.09 bits per heavy atom. The first-order valence-electron chi connectivity index (χ1n) is 41.6. The molecule has 9 heteroatoms. The first-order valence-corrected chi connectivity index (χ1v) is 45.4. The largest absolute Gasteiger partial charge is 1.00 e. The second-order valence-corrected chi connectivity index (χ2v) is 35.5. The summed E-state index contributed by atoms with van der Waals surface area (Å²) in [4.78, 5) is 6.79. The normalized spacial score (nSPS) is 13.2. The monoisotopic (exact) mass is 1900 g/mol. The van der Waals surface area contributed by atoms with Crippen molar-refractivity contribution < 1.29 is 106 Å². The number of nitrogens with one attached hydrogen (secondary N) is 1. The molecule has 0 unspecified atom stereocenters. The zero-order chi connectivity index (χ0) is 83.7. The molecule has 0 saturated carbocycles. The molecule has 0 atom stereocenters. The molecule has 5 aliphatic carbocycles. The molecule has 606 valence electrons. The summed E-state index contributed by atoms with van der Waals surface area (Å²) in [5, 5.41) is 5.93. The van der Waals surface area contributed by atoms with E-state index < -0.39 is 0 Å². The van der Waals surface area contributed by atoms with Gasteiger partial charge in [-0.3, -0.25) is 0 Å². The van der Waals surface area contributed by atoms with Crippen LogP contribution in [0.4, 0.5) is 51.2 Å². The van der Waals surface area contributed by atoms with E-state index in [2.05, 4.69) is 483 Å². The van der Waals surface area contributed by atoms with Crippen molar-refractivity contribution in [2.24, 2.45) is 0 Å². The molecule has 0 bridgehead atoms. The van der Waals surface area contributed by atoms with E-state index >= 15 is 0 Å². The Hall–Kier alpha value is -8.84. The Balaban J connectivity index is 0.000000176. The summed E-state index contributed by atoms with van der Waals surface area (Å²) in [5.41, 5.74) is 45.4. The second-order valence-electron chi connectivity index (χ2n) is 33.7. The maximum atomic E-state index is 5.36. The summed E-state index contributed by atoms with van der Waals surface area (Å²) in [6.45, 7) is 18.6. The number of nitrogens with two attached hydrogens (primary N) is 1. The number of hydrogen-bond acceptors (Lipinski definition) is 4. The van der Waals surface area contributed by atoms with Crippen molar-refractivity contribution in [3.05, 3.63) is 459 Å². The molecule has 0 spiro atoms. The maximum absolute atomic E-state index is 5.36. The van der Waals surface area contributed by atoms with Gasteiger partial charge in [-0.15, -0.1) is 0 Å². The van der Waals surface area contributed by atoms with Gasteiger partial charge < -0.3 is 23.7 Å². The summed E-state index contributed by atoms with van der Waals surface area (Å²) in [6.07, 6.45) is 1.07. The van der Waals surface area contributed by atoms with Crippen molar-refractivity contribution in [2.75, 3.05) is 25.8 Å². The Labute approximate surface area is 853 Å². The molecule has 17 aromatic rings. The Morgan fingerprint density at radius 2 is 0.605 bits per heavy atom. The fraction of sp³-hybridized carbons (Fsp3) is 0.130. The SMILES string of the molecule is Brc1ccc2c(c1)Cc1ccccc1-2.C.CC1(C)c2ccccc2-c2ccc(Br)cc21.CC1(C)c2ccccc2-c2ccc(N(c3ccccc3)c3ccc(-c4ccc(N(c5ccccc5)c5ccc6c(c5)C(C)(C)c5ccccc5-6)c5ccccc45)cc3)cc21.CC1(C)c2ccccc2-c2ccc(Nc3ccccc3)cc21.CI.Nc1ccccc1.[H-].[H-].[K+].[K+]. The Morgan fingerprint density at radius 1 is 0.274 bits per heavy atom. The van der Waals surface area contributed by atoms with Crippen molar-refractivity contribution in [3.8, 4) is 66.8 Å². The standard InChI is InChI=1S/C58H46N2.C21H19N.C15H13Br.C13H9Br.C6H7N.CH3I.CH4.2K.2H/c1-57(2)52-25-15-13-22-47(52)49-33-31-43(37-54(49)57)59(40-17-7-5-8-18-40)42-29-27-39(28-30-42)45-35-36-56(51-24-12-11-21-46(45)51)60(41-19-9-6-10-20-41)44-32-34-50-48-23-14-16-26-53(48)58(3,4)55(50)38-44;1-21(2)19-11-7-6-10-17(19)18-13-12-16(14-20(18)21)22-15-8-4-3-5-9-15;1-15(2)13-6-4-3-5-11(13)12-8-7-10(16)9-14(12)15;14-11-5-6-13-10(8-11)7-9-3-1-2-4-12(9)13;7-6-4-2-1-3-5-6;1-2;;;;;/h5-38H,1-4H3;3-14,22H,1-2H3;3-9H,1-2H3;1-6,8H,7H2;1-5H,7H2;1H3;1H4;;;;/q;;;;;;;2*+1;2*-1. The van der Waals surface area contributed by atoms with Gasteiger partial charge in [0.1, 0.15) is 0 Å². The van der Waals surface area contributed by atoms with Crippen LogP contribution in [0.25, 0.3) is 77.5 Å². The van der Waals surface area contributed by atoms with Crippen molar-refractivity contribution in [2.45, 2.75) is 90.9 Å². The van der Waals surface area contributed by atoms with Gasteiger partial charge in [0, 0.05) is 81.5 Å². The molecular formula is C115H103Br2IK2N4. The number of anilines is 9. The van der Waals surface area contributed by atoms with E-state index in [-0.39, 0.29) is 135 Å². The number of alkyl halides is 1. The predicted molar refractivity (Wildman–Crippen MR) is 541 cm³/mol. The summed E-state index contributed by atoms with van der Waals surface area (Å²) < 4.78 is 2.33. The summed E-state index contributed by atoms with van der Waals surface area (Å²) in [7, 11) is 0. The van der Waals surface area contributed by atoms with E-state index in [1.54, 1.807) is 0 Å². The van der Waals surface area contributed by atoms with Gasteiger partial charge in [-0.2, -0.15) is 0 Å². The number of nitrogens with zero attached hydrogens (tertiary/aromatic N) is 2. The smallest absolute Gasteiger partial charge is 1.00 e. The summed E-state index contributed by atoms with van der Waals surface area (Å²) in [5.74, 6) is 0. The van der Waals surface area contributed by atoms with Crippen LogP contribution in [0.1, 0.15) is 121 Å². The molecule has 4 nitrogen and oxygen atoms in total. The number of benzene rings is 17. The number of nitrogen functional groups attached to an aromatic ring is 1. The minimum atomic E-state index is -0.0958. The van der Waals surface area contributed by atoms with Crippen LogP contribution >= 0.6 is 54.5 Å². The van der Waals surface area contributed by atoms with Crippen molar-refractivity contribution in [1.29, 1.82) is 0 Å². The third kappa shape index (κ3) is 18.0. The van der Waals surface area contributed by atoms with Gasteiger partial charge >= 0.3 is 103 Å². The van der Waals surface area contributed by atoms with E-state index in [1.165, 1.54) is 138 Å². The molecule has 17 aromatic carbocycles. The third-order valence-electron chi connectivity index (χ3n) is 25.0. The first-order chi connectivity index (χ1) is 58.8. The number of halogens is 3. The fourth-order valence-electron chi connectivity index (χ4n) is 18.9. The van der Waals surface area contributed by atoms with Crippen LogP contribution < -0.4 is 124 Å². The van der Waals surface area contributed by atoms with E-state index in [0.717, 1.165) is 62.1 Å². The first kappa shape index (κ1) is 91.4. The molecule has 124 heavy (non-hydrogen) atoms. The Kier molecular flexibility index (Phi) is 28.9. The minimum Gasteiger partial charge on any atom is -1.00 e. The van der Waals surface area contributed by atoms with E-state index in [1.807, 2.05) is 41.3 Å². The van der Waals surface area contributed by atoms with E-state index in [4.69, 9.17) is 5.73 Å². The van der Waals surface area contributed by atoms with Gasteiger partial charge in [-0.05, 0) is 267 Å². The van der Waals surface area contributed by atoms with Gasteiger partial charge in [0.2, 0.25) is 0 Å². The molecule has 0 saturated heterocycles. The maximum Gasteiger partial charge on any atom is 1.00 e. The average Bonchev–Trinajstić information content (AvgIpc) is 1.56. The topological polar surface area (TPSA) is 44.5 Å². The van der Waals surface area contributed by atoms with Gasteiger partial charge in [-0.1, -0.05) is 384 Å². The van der Waals surface area contributed by atoms with Gasteiger partial charge in [0.25, 0.3) is 0 Å². The zero-order valence-corrected chi connectivity index (χ0v) is 83.4. The summed E-state index contributed by atoms with van der Waals surface area (Å²) >= 11 is 9.22. The fourth-order valence-corrected chi connectivity index (χ4v) is 19.7. The van der Waals surface area contributed by atoms with Crippen LogP contribution in [0.3, 0.4) is 0 Å². The van der Waals surface area contributed by atoms with Crippen LogP contribution in [0.15, 0.2) is 403 Å². The molecule has 0 aromatic heterocycles. The molecule has 22 rings (SSSR count). The van der Waals surface area contributed by atoms with Crippen molar-refractivity contribution >= 4 is 116 Å². The number of rotatable bonds is 9. The van der Waals surface area contributed by atoms with Crippen LogP contribution in [-0.4, -0.2) is 4.93 Å². The molecule has 0 radical (unpaired) electrons. The number of para-hydroxylation sites is 4. The molecule has 3 N–H and O–H groups in total. The van der Waals surface area contributed by atoms with Crippen LogP contribution in [0, 0.1) is 0 Å². The molecule has 5 aliphatic rings. The van der Waals surface area contributed by atoms with Crippen LogP contribution in [0.5, 0.6) is 0 Å². The van der Waals surface area contributed by atoms with E-state index in [9.17, 15) is 0 Å². The quantitative estimate of drug-likeness (QED) is 0.0654. The third-order valence-corrected chi connectivity index (χ3v) is 26.0. The average molecular weight is 1910 g/mol. The van der Waals surface area contributed by atoms with E-state index in [0.29, 0.717) is 0 Å². The van der Waals surface area contributed by atoms with Gasteiger partial charge in [-0.25, -0.2) is 0 Å². The van der Waals surface area contributed by atoms with Crippen LogP contribution in [-0.2, 0) is 28.1 Å². The van der Waals surface area contributed by atoms with Crippen LogP contribution in [0.2, 0.25) is 0 Å². The Bertz CT molecular complexity index is 6680. The van der Waals surface area contributed by atoms with Crippen molar-refractivity contribution in [3.63, 3.8) is 0 Å². The second kappa shape index (κ2) is 39.2. The number of hydrogen-bond donors (Lipinski definition) is 2.